The van der Waals surface area contributed by atoms with Gasteiger partial charge in [-0.05, 0) is 37.2 Å². The molecule has 1 aromatic rings. The minimum atomic E-state index is -0.421. The predicted octanol–water partition coefficient (Wildman–Crippen LogP) is 2.12. The maximum Gasteiger partial charge on any atom is 0.192 e. The van der Waals surface area contributed by atoms with Crippen LogP contribution in [0, 0.1) is 5.82 Å². The van der Waals surface area contributed by atoms with Gasteiger partial charge in [0.05, 0.1) is 6.61 Å². The lowest BCUT2D eigenvalue weighted by Crippen LogP contribution is -2.46. The maximum absolute atomic E-state index is 12.8. The first-order valence-electron chi connectivity index (χ1n) is 6.34. The summed E-state index contributed by atoms with van der Waals surface area (Å²) < 4.78 is 18.3. The number of hydrogen-bond donors (Lipinski definition) is 0. The second-order valence-electron chi connectivity index (χ2n) is 4.53. The Bertz CT molecular complexity index is 403. The van der Waals surface area contributed by atoms with Crippen LogP contribution in [-0.2, 0) is 4.74 Å². The summed E-state index contributed by atoms with van der Waals surface area (Å²) in [6.07, 6.45) is 0.646. The second-order valence-corrected chi connectivity index (χ2v) is 4.53. The summed E-state index contributed by atoms with van der Waals surface area (Å²) in [5, 5.41) is 0. The molecule has 4 heteroatoms. The number of ketones is 1. The van der Waals surface area contributed by atoms with Gasteiger partial charge in [0.1, 0.15) is 11.9 Å². The Balaban J connectivity index is 2.02. The van der Waals surface area contributed by atoms with E-state index in [1.807, 2.05) is 0 Å². The van der Waals surface area contributed by atoms with Crippen molar-refractivity contribution in [2.24, 2.45) is 0 Å². The third-order valence-corrected chi connectivity index (χ3v) is 3.11. The van der Waals surface area contributed by atoms with Crippen molar-refractivity contribution in [1.82, 2.24) is 4.90 Å². The number of rotatable bonds is 4. The zero-order valence-electron chi connectivity index (χ0n) is 10.6. The second kappa shape index (κ2) is 6.07. The van der Waals surface area contributed by atoms with Gasteiger partial charge >= 0.3 is 0 Å². The summed E-state index contributed by atoms with van der Waals surface area (Å²) >= 11 is 0. The smallest absolute Gasteiger partial charge is 0.192 e. The number of carbonyl (C=O) groups excluding carboxylic acids is 1. The quantitative estimate of drug-likeness (QED) is 0.768. The molecule has 0 amide bonds. The highest BCUT2D eigenvalue weighted by Gasteiger charge is 2.26. The summed E-state index contributed by atoms with van der Waals surface area (Å²) in [6, 6.07) is 5.64. The van der Waals surface area contributed by atoms with Crippen molar-refractivity contribution in [3.05, 3.63) is 35.6 Å². The molecular weight excluding hydrogens is 233 g/mol. The third-order valence-electron chi connectivity index (χ3n) is 3.11. The van der Waals surface area contributed by atoms with E-state index >= 15 is 0 Å². The van der Waals surface area contributed by atoms with Crippen LogP contribution in [0.25, 0.3) is 0 Å². The van der Waals surface area contributed by atoms with Crippen molar-refractivity contribution in [3.63, 3.8) is 0 Å². The van der Waals surface area contributed by atoms with E-state index in [1.165, 1.54) is 24.3 Å². The number of benzene rings is 1. The van der Waals surface area contributed by atoms with E-state index in [4.69, 9.17) is 4.74 Å². The first-order chi connectivity index (χ1) is 8.70. The average Bonchev–Trinajstić information content (AvgIpc) is 2.39. The van der Waals surface area contributed by atoms with E-state index in [9.17, 15) is 9.18 Å². The van der Waals surface area contributed by atoms with Crippen LogP contribution in [0.4, 0.5) is 4.39 Å². The summed E-state index contributed by atoms with van der Waals surface area (Å²) in [5.74, 6) is -0.389. The highest BCUT2D eigenvalue weighted by atomic mass is 19.1. The molecule has 2 rings (SSSR count). The minimum absolute atomic E-state index is 0.0594. The zero-order valence-corrected chi connectivity index (χ0v) is 10.6. The molecule has 0 bridgehead atoms. The molecular formula is C14H18FNO2. The number of nitrogens with zero attached hydrogens (tertiary/aromatic N) is 1. The molecule has 0 spiro atoms. The highest BCUT2D eigenvalue weighted by Crippen LogP contribution is 2.13. The molecule has 1 unspecified atom stereocenters. The number of hydrogen-bond acceptors (Lipinski definition) is 3. The highest BCUT2D eigenvalue weighted by molar-refractivity contribution is 5.99. The molecule has 0 aliphatic carbocycles. The lowest BCUT2D eigenvalue weighted by Gasteiger charge is -2.31. The Kier molecular flexibility index (Phi) is 4.44. The van der Waals surface area contributed by atoms with Crippen LogP contribution < -0.4 is 0 Å². The zero-order chi connectivity index (χ0) is 13.0. The number of carbonyl (C=O) groups is 1. The molecule has 1 atom stereocenters. The Labute approximate surface area is 107 Å². The lowest BCUT2D eigenvalue weighted by molar-refractivity contribution is -0.0163. The molecule has 0 N–H and O–H groups in total. The largest absolute Gasteiger partial charge is 0.367 e. The fourth-order valence-corrected chi connectivity index (χ4v) is 2.18. The number of ether oxygens (including phenoxy) is 1. The van der Waals surface area contributed by atoms with Crippen molar-refractivity contribution in [2.75, 3.05) is 26.2 Å². The van der Waals surface area contributed by atoms with Crippen LogP contribution >= 0.6 is 0 Å². The van der Waals surface area contributed by atoms with Crippen LogP contribution in [-0.4, -0.2) is 43.0 Å². The molecule has 98 valence electrons. The van der Waals surface area contributed by atoms with Gasteiger partial charge in [-0.2, -0.15) is 0 Å². The molecule has 1 aliphatic rings. The fourth-order valence-electron chi connectivity index (χ4n) is 2.18. The summed E-state index contributed by atoms with van der Waals surface area (Å²) in [4.78, 5) is 14.4. The number of Topliss-reactive ketones (excluding diaryl/α,β-unsaturated/α-hetero) is 1. The van der Waals surface area contributed by atoms with Crippen LogP contribution in [0.15, 0.2) is 24.3 Å². The molecule has 18 heavy (non-hydrogen) atoms. The summed E-state index contributed by atoms with van der Waals surface area (Å²) in [5.41, 5.74) is 0.514. The fraction of sp³-hybridized carbons (Fsp3) is 0.500. The van der Waals surface area contributed by atoms with Crippen molar-refractivity contribution in [1.29, 1.82) is 0 Å². The van der Waals surface area contributed by atoms with Crippen LogP contribution in [0.5, 0.6) is 0 Å². The summed E-state index contributed by atoms with van der Waals surface area (Å²) in [6.45, 7) is 5.19. The lowest BCUT2D eigenvalue weighted by atomic mass is 10.0. The van der Waals surface area contributed by atoms with Crippen molar-refractivity contribution in [3.8, 4) is 0 Å². The first kappa shape index (κ1) is 13.2. The SMILES string of the molecule is CCCN1CCOC(C(=O)c2ccc(F)cc2)C1. The molecule has 1 fully saturated rings. The maximum atomic E-state index is 12.8. The molecule has 0 saturated carbocycles. The first-order valence-corrected chi connectivity index (χ1v) is 6.34. The van der Waals surface area contributed by atoms with E-state index in [2.05, 4.69) is 11.8 Å². The molecule has 1 aliphatic heterocycles. The molecule has 0 aromatic heterocycles. The van der Waals surface area contributed by atoms with Crippen molar-refractivity contribution >= 4 is 5.78 Å². The summed E-state index contributed by atoms with van der Waals surface area (Å²) in [7, 11) is 0. The predicted molar refractivity (Wildman–Crippen MR) is 67.2 cm³/mol. The van der Waals surface area contributed by atoms with Crippen LogP contribution in [0.3, 0.4) is 0 Å². The van der Waals surface area contributed by atoms with Gasteiger partial charge in [-0.1, -0.05) is 6.92 Å². The standard InChI is InChI=1S/C14H18FNO2/c1-2-7-16-8-9-18-13(10-16)14(17)11-3-5-12(15)6-4-11/h3-6,13H,2,7-10H2,1H3. The van der Waals surface area contributed by atoms with Gasteiger partial charge in [-0.3, -0.25) is 9.69 Å². The van der Waals surface area contributed by atoms with Crippen molar-refractivity contribution < 1.29 is 13.9 Å². The van der Waals surface area contributed by atoms with Gasteiger partial charge < -0.3 is 4.74 Å². The topological polar surface area (TPSA) is 29.5 Å². The van der Waals surface area contributed by atoms with Gasteiger partial charge in [0.25, 0.3) is 0 Å². The van der Waals surface area contributed by atoms with E-state index in [0.29, 0.717) is 18.7 Å². The Hall–Kier alpha value is -1.26. The third kappa shape index (κ3) is 3.15. The Morgan fingerprint density at radius 1 is 1.44 bits per heavy atom. The molecule has 1 heterocycles. The van der Waals surface area contributed by atoms with Gasteiger partial charge in [-0.25, -0.2) is 4.39 Å². The normalized spacial score (nSPS) is 20.9. The average molecular weight is 251 g/mol. The molecule has 0 radical (unpaired) electrons. The van der Waals surface area contributed by atoms with Gasteiger partial charge in [-0.15, -0.1) is 0 Å². The van der Waals surface area contributed by atoms with E-state index in [0.717, 1.165) is 19.5 Å². The van der Waals surface area contributed by atoms with E-state index in [-0.39, 0.29) is 11.6 Å². The van der Waals surface area contributed by atoms with Gasteiger partial charge in [0.15, 0.2) is 5.78 Å². The number of halogens is 1. The molecule has 1 saturated heterocycles. The van der Waals surface area contributed by atoms with E-state index < -0.39 is 6.10 Å². The number of morpholine rings is 1. The monoisotopic (exact) mass is 251 g/mol. The van der Waals surface area contributed by atoms with E-state index in [1.54, 1.807) is 0 Å². The Morgan fingerprint density at radius 3 is 2.83 bits per heavy atom. The Morgan fingerprint density at radius 2 is 2.17 bits per heavy atom. The van der Waals surface area contributed by atoms with Crippen molar-refractivity contribution in [2.45, 2.75) is 19.4 Å². The van der Waals surface area contributed by atoms with Gasteiger partial charge in [0.2, 0.25) is 0 Å². The molecule has 1 aromatic carbocycles. The van der Waals surface area contributed by atoms with Crippen LogP contribution in [0.1, 0.15) is 23.7 Å². The molecule has 3 nitrogen and oxygen atoms in total. The van der Waals surface area contributed by atoms with Crippen LogP contribution in [0.2, 0.25) is 0 Å². The minimum Gasteiger partial charge on any atom is -0.367 e. The van der Waals surface area contributed by atoms with Gasteiger partial charge in [0, 0.05) is 18.7 Å².